The number of non-ortho nitro benzene ring substituents is 1. The molecule has 3 rings (SSSR count). The molecule has 0 amide bonds. The zero-order valence-electron chi connectivity index (χ0n) is 14.8. The standard InChI is InChI=1S/C19H17N3O5/c1-12-9-19(23)27-18-10-16(7-8-17(12)18)26-11-13(2)20-21-14-3-5-15(6-4-14)22(24)25/h3-10,21H,11H2,1-2H3/b20-13-. The number of nitrogens with zero attached hydrogens (tertiary/aromatic N) is 2. The predicted octanol–water partition coefficient (Wildman–Crippen LogP) is 3.88. The number of anilines is 1. The van der Waals surface area contributed by atoms with Gasteiger partial charge < -0.3 is 9.15 Å². The number of hydrazone groups is 1. The van der Waals surface area contributed by atoms with E-state index < -0.39 is 10.5 Å². The van der Waals surface area contributed by atoms with Crippen LogP contribution in [0.15, 0.2) is 62.8 Å². The first-order valence-electron chi connectivity index (χ1n) is 8.13. The van der Waals surface area contributed by atoms with Crippen molar-refractivity contribution >= 4 is 28.1 Å². The summed E-state index contributed by atoms with van der Waals surface area (Å²) in [6.45, 7) is 3.85. The number of nitro benzene ring substituents is 1. The molecule has 2 aromatic carbocycles. The third-order valence-electron chi connectivity index (χ3n) is 3.82. The molecule has 0 atom stereocenters. The zero-order chi connectivity index (χ0) is 19.4. The van der Waals surface area contributed by atoms with Gasteiger partial charge in [0.25, 0.3) is 5.69 Å². The van der Waals surface area contributed by atoms with Crippen molar-refractivity contribution in [2.24, 2.45) is 5.10 Å². The van der Waals surface area contributed by atoms with Crippen LogP contribution in [0.25, 0.3) is 11.0 Å². The highest BCUT2D eigenvalue weighted by atomic mass is 16.6. The minimum absolute atomic E-state index is 0.0165. The van der Waals surface area contributed by atoms with Crippen molar-refractivity contribution in [2.75, 3.05) is 12.0 Å². The number of hydrogen-bond acceptors (Lipinski definition) is 7. The van der Waals surface area contributed by atoms with Gasteiger partial charge in [-0.15, -0.1) is 0 Å². The molecule has 0 saturated heterocycles. The summed E-state index contributed by atoms with van der Waals surface area (Å²) in [4.78, 5) is 21.7. The molecule has 0 radical (unpaired) electrons. The molecular weight excluding hydrogens is 350 g/mol. The van der Waals surface area contributed by atoms with E-state index >= 15 is 0 Å². The summed E-state index contributed by atoms with van der Waals surface area (Å²) in [6, 6.07) is 12.7. The zero-order valence-corrected chi connectivity index (χ0v) is 14.8. The van der Waals surface area contributed by atoms with Gasteiger partial charge in [0.05, 0.1) is 16.3 Å². The maximum atomic E-state index is 11.5. The Morgan fingerprint density at radius 1 is 1.22 bits per heavy atom. The molecule has 8 heteroatoms. The molecule has 0 unspecified atom stereocenters. The highest BCUT2D eigenvalue weighted by molar-refractivity contribution is 5.84. The van der Waals surface area contributed by atoms with Gasteiger partial charge in [0.1, 0.15) is 17.9 Å². The third-order valence-corrected chi connectivity index (χ3v) is 3.82. The lowest BCUT2D eigenvalue weighted by Gasteiger charge is -2.08. The number of hydrogen-bond donors (Lipinski definition) is 1. The van der Waals surface area contributed by atoms with Gasteiger partial charge >= 0.3 is 5.63 Å². The molecule has 1 aromatic heterocycles. The highest BCUT2D eigenvalue weighted by Gasteiger charge is 2.05. The van der Waals surface area contributed by atoms with Crippen molar-refractivity contribution in [3.8, 4) is 5.75 Å². The fourth-order valence-electron chi connectivity index (χ4n) is 2.43. The van der Waals surface area contributed by atoms with Gasteiger partial charge in [0, 0.05) is 29.7 Å². The number of rotatable bonds is 6. The predicted molar refractivity (Wildman–Crippen MR) is 103 cm³/mol. The Balaban J connectivity index is 1.63. The van der Waals surface area contributed by atoms with Gasteiger partial charge in [-0.25, -0.2) is 4.79 Å². The lowest BCUT2D eigenvalue weighted by atomic mass is 10.1. The minimum Gasteiger partial charge on any atom is -0.487 e. The van der Waals surface area contributed by atoms with Gasteiger partial charge in [-0.3, -0.25) is 15.5 Å². The normalized spacial score (nSPS) is 11.4. The van der Waals surface area contributed by atoms with Gasteiger partial charge in [-0.05, 0) is 43.7 Å². The van der Waals surface area contributed by atoms with Gasteiger partial charge in [-0.2, -0.15) is 5.10 Å². The molecule has 1 N–H and O–H groups in total. The van der Waals surface area contributed by atoms with Crippen LogP contribution in [0.4, 0.5) is 11.4 Å². The van der Waals surface area contributed by atoms with E-state index in [1.807, 2.05) is 13.0 Å². The Hall–Kier alpha value is -3.68. The second-order valence-corrected chi connectivity index (χ2v) is 5.96. The summed E-state index contributed by atoms with van der Waals surface area (Å²) in [5.74, 6) is 0.557. The number of ether oxygens (including phenoxy) is 1. The molecule has 27 heavy (non-hydrogen) atoms. The summed E-state index contributed by atoms with van der Waals surface area (Å²) >= 11 is 0. The van der Waals surface area contributed by atoms with Crippen molar-refractivity contribution in [1.82, 2.24) is 0 Å². The van der Waals surface area contributed by atoms with Crippen LogP contribution in [0.5, 0.6) is 5.75 Å². The lowest BCUT2D eigenvalue weighted by Crippen LogP contribution is -2.09. The Kier molecular flexibility index (Phi) is 5.16. The van der Waals surface area contributed by atoms with E-state index in [9.17, 15) is 14.9 Å². The third kappa shape index (κ3) is 4.49. The molecule has 0 fully saturated rings. The number of aryl methyl sites for hydroxylation is 1. The average Bonchev–Trinajstić information content (AvgIpc) is 2.64. The van der Waals surface area contributed by atoms with Gasteiger partial charge in [0.15, 0.2) is 0 Å². The van der Waals surface area contributed by atoms with E-state index in [0.29, 0.717) is 22.7 Å². The summed E-state index contributed by atoms with van der Waals surface area (Å²) in [5.41, 5.74) is 5.04. The van der Waals surface area contributed by atoms with Gasteiger partial charge in [-0.1, -0.05) is 0 Å². The first kappa shape index (κ1) is 18.1. The maximum absolute atomic E-state index is 11.5. The molecule has 0 aliphatic carbocycles. The van der Waals surface area contributed by atoms with Crippen molar-refractivity contribution in [3.05, 3.63) is 74.6 Å². The van der Waals surface area contributed by atoms with E-state index in [0.717, 1.165) is 10.9 Å². The van der Waals surface area contributed by atoms with E-state index in [2.05, 4.69) is 10.5 Å². The molecule has 1 heterocycles. The molecule has 0 bridgehead atoms. The number of nitro groups is 1. The molecule has 8 nitrogen and oxygen atoms in total. The first-order chi connectivity index (χ1) is 12.9. The van der Waals surface area contributed by atoms with Crippen LogP contribution in [-0.2, 0) is 0 Å². The lowest BCUT2D eigenvalue weighted by molar-refractivity contribution is -0.384. The highest BCUT2D eigenvalue weighted by Crippen LogP contribution is 2.22. The second kappa shape index (κ2) is 7.69. The SMILES string of the molecule is C/C(COc1ccc2c(C)cc(=O)oc2c1)=N/Nc1ccc([N+](=O)[O-])cc1. The monoisotopic (exact) mass is 367 g/mol. The number of nitrogens with one attached hydrogen (secondary N) is 1. The van der Waals surface area contributed by atoms with Crippen molar-refractivity contribution in [3.63, 3.8) is 0 Å². The molecular formula is C19H17N3O5. The topological polar surface area (TPSA) is 107 Å². The first-order valence-corrected chi connectivity index (χ1v) is 8.13. The smallest absolute Gasteiger partial charge is 0.336 e. The van der Waals surface area contributed by atoms with Crippen LogP contribution in [0.1, 0.15) is 12.5 Å². The Morgan fingerprint density at radius 2 is 1.96 bits per heavy atom. The number of benzene rings is 2. The van der Waals surface area contributed by atoms with Gasteiger partial charge in [0.2, 0.25) is 0 Å². The summed E-state index contributed by atoms with van der Waals surface area (Å²) in [6.07, 6.45) is 0. The van der Waals surface area contributed by atoms with E-state index in [1.54, 1.807) is 31.2 Å². The van der Waals surface area contributed by atoms with E-state index in [-0.39, 0.29) is 12.3 Å². The fraction of sp³-hybridized carbons (Fsp3) is 0.158. The Labute approximate surface area is 154 Å². The molecule has 3 aromatic rings. The maximum Gasteiger partial charge on any atom is 0.336 e. The number of fused-ring (bicyclic) bond motifs is 1. The summed E-state index contributed by atoms with van der Waals surface area (Å²) in [5, 5.41) is 15.7. The second-order valence-electron chi connectivity index (χ2n) is 5.96. The largest absolute Gasteiger partial charge is 0.487 e. The molecule has 0 aliphatic heterocycles. The van der Waals surface area contributed by atoms with E-state index in [1.165, 1.54) is 18.2 Å². The van der Waals surface area contributed by atoms with Crippen LogP contribution in [0.3, 0.4) is 0 Å². The molecule has 0 spiro atoms. The van der Waals surface area contributed by atoms with Crippen molar-refractivity contribution in [1.29, 1.82) is 0 Å². The summed E-state index contributed by atoms with van der Waals surface area (Å²) in [7, 11) is 0. The van der Waals surface area contributed by atoms with E-state index in [4.69, 9.17) is 9.15 Å². The van der Waals surface area contributed by atoms with Crippen molar-refractivity contribution in [2.45, 2.75) is 13.8 Å². The fourth-order valence-corrected chi connectivity index (χ4v) is 2.43. The van der Waals surface area contributed by atoms with Crippen LogP contribution in [-0.4, -0.2) is 17.2 Å². The minimum atomic E-state index is -0.459. The molecule has 138 valence electrons. The summed E-state index contributed by atoms with van der Waals surface area (Å²) < 4.78 is 10.9. The quantitative estimate of drug-likeness (QED) is 0.307. The molecule has 0 aliphatic rings. The van der Waals surface area contributed by atoms with Crippen LogP contribution >= 0.6 is 0 Å². The Bertz CT molecular complexity index is 1070. The Morgan fingerprint density at radius 3 is 2.67 bits per heavy atom. The van der Waals surface area contributed by atoms with Crippen LogP contribution in [0.2, 0.25) is 0 Å². The van der Waals surface area contributed by atoms with Crippen LogP contribution in [0, 0.1) is 17.0 Å². The van der Waals surface area contributed by atoms with Crippen molar-refractivity contribution < 1.29 is 14.1 Å². The molecule has 0 saturated carbocycles. The van der Waals surface area contributed by atoms with Crippen LogP contribution < -0.4 is 15.8 Å². The average molecular weight is 367 g/mol.